The van der Waals surface area contributed by atoms with Crippen molar-refractivity contribution in [3.63, 3.8) is 0 Å². The second-order valence-electron chi connectivity index (χ2n) is 11.2. The van der Waals surface area contributed by atoms with Gasteiger partial charge in [-0.2, -0.15) is 11.2 Å². The van der Waals surface area contributed by atoms with Crippen molar-refractivity contribution < 1.29 is 32.2 Å². The monoisotopic (exact) mass is 587 g/mol. The molecule has 1 aliphatic heterocycles. The molecule has 1 aliphatic rings. The van der Waals surface area contributed by atoms with Crippen LogP contribution in [0.5, 0.6) is 0 Å². The number of carbonyl (C=O) groups is 1. The van der Waals surface area contributed by atoms with E-state index in [1.807, 2.05) is 18.1 Å². The van der Waals surface area contributed by atoms with Crippen LogP contribution in [0, 0.1) is 23.4 Å². The first-order chi connectivity index (χ1) is 18.2. The van der Waals surface area contributed by atoms with Gasteiger partial charge in [-0.15, -0.1) is 5.10 Å². The summed E-state index contributed by atoms with van der Waals surface area (Å²) in [5.41, 5.74) is 1.24. The van der Waals surface area contributed by atoms with Gasteiger partial charge in [0.15, 0.2) is 17.5 Å². The molecule has 7 nitrogen and oxygen atoms in total. The van der Waals surface area contributed by atoms with E-state index in [1.54, 1.807) is 18.0 Å². The van der Waals surface area contributed by atoms with Gasteiger partial charge in [0.2, 0.25) is 0 Å². The summed E-state index contributed by atoms with van der Waals surface area (Å²) in [6, 6.07) is 1.39. The summed E-state index contributed by atoms with van der Waals surface area (Å²) in [5.74, 6) is -4.77. The molecular weight excluding hydrogens is 547 g/mol. The molecule has 2 aromatic rings. The van der Waals surface area contributed by atoms with Gasteiger partial charge in [0.05, 0.1) is 18.3 Å². The predicted octanol–water partition coefficient (Wildman–Crippen LogP) is 6.75. The third-order valence-electron chi connectivity index (χ3n) is 7.88. The van der Waals surface area contributed by atoms with Crippen LogP contribution in [-0.2, 0) is 19.0 Å². The highest BCUT2D eigenvalue weighted by atomic mass is 32.4. The van der Waals surface area contributed by atoms with Crippen molar-refractivity contribution in [2.75, 3.05) is 13.7 Å². The lowest BCUT2D eigenvalue weighted by atomic mass is 9.89. The molecule has 2 heterocycles. The van der Waals surface area contributed by atoms with E-state index in [4.69, 9.17) is 14.2 Å². The van der Waals surface area contributed by atoms with Gasteiger partial charge in [-0.1, -0.05) is 53.7 Å². The predicted molar refractivity (Wildman–Crippen MR) is 148 cm³/mol. The van der Waals surface area contributed by atoms with Gasteiger partial charge in [-0.3, -0.25) is 4.79 Å². The molecular formula is C27H40F3N3O4SSi. The maximum absolute atomic E-state index is 13.9. The van der Waals surface area contributed by atoms with Gasteiger partial charge >= 0.3 is 5.97 Å². The van der Waals surface area contributed by atoms with Crippen LogP contribution >= 0.6 is 11.2 Å². The first-order valence-corrected chi connectivity index (χ1v) is 17.1. The number of carbonyl (C=O) groups excluding carboxylic acids is 1. The maximum atomic E-state index is 13.9. The summed E-state index contributed by atoms with van der Waals surface area (Å²) in [5, 5.41) is 8.44. The number of nitrogens with zero attached hydrogens (tertiary/aromatic N) is 3. The van der Waals surface area contributed by atoms with Crippen LogP contribution in [0.2, 0.25) is 16.6 Å². The van der Waals surface area contributed by atoms with Crippen molar-refractivity contribution in [3.05, 3.63) is 35.8 Å². The second kappa shape index (κ2) is 12.7. The zero-order chi connectivity index (χ0) is 29.2. The maximum Gasteiger partial charge on any atom is 0.302 e. The quantitative estimate of drug-likeness (QED) is 0.173. The fourth-order valence-electron chi connectivity index (χ4n) is 6.05. The molecule has 218 valence electrons. The molecule has 0 amide bonds. The van der Waals surface area contributed by atoms with E-state index < -0.39 is 48.9 Å². The van der Waals surface area contributed by atoms with Crippen molar-refractivity contribution >= 4 is 24.4 Å². The van der Waals surface area contributed by atoms with E-state index >= 15 is 0 Å². The van der Waals surface area contributed by atoms with Gasteiger partial charge in [-0.25, -0.2) is 17.9 Å². The number of halogens is 3. The summed E-state index contributed by atoms with van der Waals surface area (Å²) >= 11 is 1.87. The van der Waals surface area contributed by atoms with Crippen molar-refractivity contribution in [3.8, 4) is 11.3 Å². The van der Waals surface area contributed by atoms with Crippen LogP contribution in [0.3, 0.4) is 0 Å². The molecule has 0 spiro atoms. The van der Waals surface area contributed by atoms with E-state index in [0.717, 1.165) is 12.1 Å². The number of hydrogen-bond donors (Lipinski definition) is 0. The Labute approximate surface area is 233 Å². The highest BCUT2D eigenvalue weighted by Gasteiger charge is 2.52. The van der Waals surface area contributed by atoms with E-state index in [9.17, 15) is 18.0 Å². The van der Waals surface area contributed by atoms with Crippen molar-refractivity contribution in [1.82, 2.24) is 15.0 Å². The first-order valence-electron chi connectivity index (χ1n) is 13.3. The van der Waals surface area contributed by atoms with E-state index in [2.05, 4.69) is 51.9 Å². The summed E-state index contributed by atoms with van der Waals surface area (Å²) in [6.07, 6.45) is 0.681. The zero-order valence-corrected chi connectivity index (χ0v) is 25.9. The van der Waals surface area contributed by atoms with E-state index in [-0.39, 0.29) is 29.2 Å². The number of methoxy groups -OCH3 is 1. The third kappa shape index (κ3) is 6.38. The molecule has 0 N–H and O–H groups in total. The Bertz CT molecular complexity index is 1100. The lowest BCUT2D eigenvalue weighted by molar-refractivity contribution is -0.171. The molecule has 5 atom stereocenters. The average molecular weight is 588 g/mol. The molecule has 39 heavy (non-hydrogen) atoms. The molecule has 0 bridgehead atoms. The van der Waals surface area contributed by atoms with Gasteiger partial charge in [0.1, 0.15) is 31.1 Å². The minimum atomic E-state index is -2.03. The Balaban J connectivity index is 2.06. The van der Waals surface area contributed by atoms with Crippen LogP contribution in [0.25, 0.3) is 11.3 Å². The lowest BCUT2D eigenvalue weighted by Gasteiger charge is -2.50. The Kier molecular flexibility index (Phi) is 10.3. The molecule has 12 heteroatoms. The molecule has 1 fully saturated rings. The van der Waals surface area contributed by atoms with Crippen molar-refractivity contribution in [2.45, 2.75) is 95.7 Å². The summed E-state index contributed by atoms with van der Waals surface area (Å²) in [6.45, 7) is 17.0. The van der Waals surface area contributed by atoms with Gasteiger partial charge in [-0.05, 0) is 28.8 Å². The van der Waals surface area contributed by atoms with Crippen molar-refractivity contribution in [1.29, 1.82) is 0 Å². The lowest BCUT2D eigenvalue weighted by Crippen LogP contribution is -2.55. The topological polar surface area (TPSA) is 75.5 Å². The standard InChI is InChI=1S/C27H40F3N3O4SSi/c1-14(2)39(15(3)4,16(5)6)38-27-26(35-9)25(17(7)23(37-27)13-36-18(8)34)33-12-22(31-32-33)19-10-20(28)24(30)21(29)11-19/h10-12,14-17,23,25-27H,13H2,1-9H3. The van der Waals surface area contributed by atoms with E-state index in [0.29, 0.717) is 16.6 Å². The average Bonchev–Trinajstić information content (AvgIpc) is 3.33. The zero-order valence-electron chi connectivity index (χ0n) is 24.1. The fourth-order valence-corrected chi connectivity index (χ4v) is 16.1. The summed E-state index contributed by atoms with van der Waals surface area (Å²) in [4.78, 5) is 11.7. The summed E-state index contributed by atoms with van der Waals surface area (Å²) < 4.78 is 61.1. The van der Waals surface area contributed by atoms with Crippen LogP contribution in [0.1, 0.15) is 61.4 Å². The Morgan fingerprint density at radius 3 is 2.15 bits per heavy atom. The Hall–Kier alpha value is -1.89. The SMILES string of the molecule is COC1C(S[Si](C(C)C)(C(C)C)C(C)C)OC(COC(C)=O)C(C)C1n1cc(-c2cc(F)c(F)c(F)c2)nn1. The number of esters is 1. The number of ether oxygens (including phenoxy) is 3. The largest absolute Gasteiger partial charge is 0.463 e. The molecule has 0 radical (unpaired) electrons. The minimum absolute atomic E-state index is 0.0655. The Morgan fingerprint density at radius 1 is 1.10 bits per heavy atom. The molecule has 5 unspecified atom stereocenters. The molecule has 0 saturated carbocycles. The molecule has 0 aliphatic carbocycles. The van der Waals surface area contributed by atoms with Crippen LogP contribution in [0.15, 0.2) is 18.3 Å². The molecule has 1 saturated heterocycles. The van der Waals surface area contributed by atoms with Crippen molar-refractivity contribution in [2.24, 2.45) is 5.92 Å². The molecule has 1 aromatic carbocycles. The van der Waals surface area contributed by atoms with E-state index in [1.165, 1.54) is 6.92 Å². The summed E-state index contributed by atoms with van der Waals surface area (Å²) in [7, 11) is -0.401. The minimum Gasteiger partial charge on any atom is -0.463 e. The molecule has 3 rings (SSSR count). The number of benzene rings is 1. The first kappa shape index (κ1) is 31.6. The van der Waals surface area contributed by atoms with Gasteiger partial charge < -0.3 is 14.2 Å². The molecule has 1 aromatic heterocycles. The second-order valence-corrected chi connectivity index (χ2v) is 19.9. The third-order valence-corrected chi connectivity index (χ3v) is 20.5. The number of rotatable bonds is 10. The highest BCUT2D eigenvalue weighted by Crippen LogP contribution is 2.54. The fraction of sp³-hybridized carbons (Fsp3) is 0.667. The number of hydrogen-bond acceptors (Lipinski definition) is 7. The van der Waals surface area contributed by atoms with Gasteiger partial charge in [0, 0.05) is 25.5 Å². The highest BCUT2D eigenvalue weighted by molar-refractivity contribution is 8.29. The van der Waals surface area contributed by atoms with Crippen LogP contribution in [-0.4, -0.2) is 59.5 Å². The van der Waals surface area contributed by atoms with Crippen LogP contribution < -0.4 is 0 Å². The smallest absolute Gasteiger partial charge is 0.302 e. The van der Waals surface area contributed by atoms with Gasteiger partial charge in [0.25, 0.3) is 0 Å². The number of aromatic nitrogens is 3. The van der Waals surface area contributed by atoms with Crippen LogP contribution in [0.4, 0.5) is 13.2 Å². The normalized spacial score (nSPS) is 24.1. The Morgan fingerprint density at radius 2 is 1.67 bits per heavy atom.